The number of benzene rings is 2. The number of fused-ring (bicyclic) bond motifs is 3. The van der Waals surface area contributed by atoms with Gasteiger partial charge in [-0.1, -0.05) is 18.2 Å². The molecule has 2 aromatic rings. The van der Waals surface area contributed by atoms with Gasteiger partial charge < -0.3 is 21.3 Å². The van der Waals surface area contributed by atoms with Gasteiger partial charge in [-0.25, -0.2) is 4.39 Å². The average molecular weight is 566 g/mol. The first-order valence-electron chi connectivity index (χ1n) is 13.4. The number of likely N-dealkylation sites (N-methyl/N-ethyl adjacent to an activating group) is 1. The zero-order valence-corrected chi connectivity index (χ0v) is 22.9. The molecule has 5 N–H and O–H groups in total. The molecule has 7 atom stereocenters. The molecule has 3 unspecified atom stereocenters. The Balaban J connectivity index is 1.58. The minimum absolute atomic E-state index is 0.0248. The van der Waals surface area contributed by atoms with E-state index in [1.54, 1.807) is 37.3 Å². The standard InChI is InChI=1S/C30H32FN3O7/c1-13(12-31)33-16-6-4-14(5-7-16)17-8-9-20(35)22-18(17)10-15-11-19-24(34(2)3)26(37)23(29(32)40)28(39)30(19,41)27(38)21(15)25(22)36/h4-9,13,15,19,21,23-24,33,35,41H,10-12H2,1-3H3,(H2,32,40)/t13?,15-,19-,21?,23?,24-,30-/m0/s1. The fourth-order valence-electron chi connectivity index (χ4n) is 6.94. The van der Waals surface area contributed by atoms with Crippen LogP contribution in [0.3, 0.4) is 0 Å². The predicted octanol–water partition coefficient (Wildman–Crippen LogP) is 1.30. The van der Waals surface area contributed by atoms with Crippen molar-refractivity contribution >= 4 is 34.7 Å². The van der Waals surface area contributed by atoms with Gasteiger partial charge in [0.25, 0.3) is 0 Å². The minimum atomic E-state index is -2.76. The Morgan fingerprint density at radius 2 is 1.78 bits per heavy atom. The van der Waals surface area contributed by atoms with Crippen molar-refractivity contribution in [2.45, 2.75) is 37.5 Å². The molecule has 0 saturated heterocycles. The number of ketones is 4. The molecule has 0 spiro atoms. The molecule has 1 amide bonds. The van der Waals surface area contributed by atoms with Gasteiger partial charge in [0.2, 0.25) is 5.91 Å². The van der Waals surface area contributed by atoms with Crippen LogP contribution in [0.2, 0.25) is 0 Å². The van der Waals surface area contributed by atoms with E-state index in [0.29, 0.717) is 16.8 Å². The molecule has 216 valence electrons. The number of carbonyl (C=O) groups excluding carboxylic acids is 5. The Labute approximate surface area is 235 Å². The highest BCUT2D eigenvalue weighted by atomic mass is 19.1. The Bertz CT molecular complexity index is 1470. The highest BCUT2D eigenvalue weighted by molar-refractivity contribution is 6.32. The number of phenols is 1. The largest absolute Gasteiger partial charge is 0.507 e. The Hall–Kier alpha value is -3.96. The monoisotopic (exact) mass is 565 g/mol. The number of halogens is 1. The number of nitrogens with one attached hydrogen (secondary N) is 1. The number of anilines is 1. The SMILES string of the molecule is CC(CF)Nc1ccc(-c2ccc(O)c3c2C[C@H]2C[C@H]4[C@H](N(C)C)C(=O)C(C(N)=O)C(=O)[C@@]4(O)C(=O)C2C3=O)cc1. The first-order chi connectivity index (χ1) is 19.3. The highest BCUT2D eigenvalue weighted by Crippen LogP contribution is 2.51. The summed E-state index contributed by atoms with van der Waals surface area (Å²) in [5.74, 6) is -10.8. The van der Waals surface area contributed by atoms with E-state index in [4.69, 9.17) is 5.73 Å². The molecule has 2 saturated carbocycles. The molecule has 0 radical (unpaired) electrons. The molecule has 0 aliphatic heterocycles. The van der Waals surface area contributed by atoms with Crippen molar-refractivity contribution in [2.75, 3.05) is 26.1 Å². The molecule has 5 rings (SSSR count). The number of aliphatic hydroxyl groups is 1. The van der Waals surface area contributed by atoms with Crippen LogP contribution in [0.1, 0.15) is 29.3 Å². The molecule has 0 heterocycles. The molecule has 11 heteroatoms. The number of amides is 1. The van der Waals surface area contributed by atoms with Gasteiger partial charge >= 0.3 is 0 Å². The Morgan fingerprint density at radius 3 is 2.37 bits per heavy atom. The highest BCUT2D eigenvalue weighted by Gasteiger charge is 2.69. The van der Waals surface area contributed by atoms with Gasteiger partial charge in [-0.2, -0.15) is 0 Å². The van der Waals surface area contributed by atoms with E-state index >= 15 is 0 Å². The lowest BCUT2D eigenvalue weighted by Gasteiger charge is -2.52. The van der Waals surface area contributed by atoms with Crippen molar-refractivity contribution in [1.82, 2.24) is 4.90 Å². The summed E-state index contributed by atoms with van der Waals surface area (Å²) in [6.07, 6.45) is 0.136. The maximum atomic E-state index is 13.9. The van der Waals surface area contributed by atoms with E-state index in [2.05, 4.69) is 5.32 Å². The van der Waals surface area contributed by atoms with Crippen LogP contribution in [0.25, 0.3) is 11.1 Å². The van der Waals surface area contributed by atoms with Crippen molar-refractivity contribution in [3.8, 4) is 16.9 Å². The van der Waals surface area contributed by atoms with Gasteiger partial charge in [-0.3, -0.25) is 28.9 Å². The van der Waals surface area contributed by atoms with Crippen LogP contribution in [-0.2, 0) is 25.6 Å². The normalized spacial score (nSPS) is 30.0. The lowest BCUT2D eigenvalue weighted by atomic mass is 9.52. The first kappa shape index (κ1) is 28.6. The molecular weight excluding hydrogens is 533 g/mol. The second-order valence-corrected chi connectivity index (χ2v) is 11.6. The molecule has 2 aromatic carbocycles. The molecule has 0 aromatic heterocycles. The molecule has 3 aliphatic rings. The van der Waals surface area contributed by atoms with E-state index < -0.39 is 71.0 Å². The maximum Gasteiger partial charge on any atom is 0.235 e. The third-order valence-electron chi connectivity index (χ3n) is 8.79. The zero-order chi connectivity index (χ0) is 30.0. The van der Waals surface area contributed by atoms with Crippen molar-refractivity contribution < 1.29 is 38.6 Å². The summed E-state index contributed by atoms with van der Waals surface area (Å²) in [7, 11) is 3.08. The number of aromatic hydroxyl groups is 1. The fraction of sp³-hybridized carbons (Fsp3) is 0.433. The van der Waals surface area contributed by atoms with Gasteiger partial charge in [-0.15, -0.1) is 0 Å². The van der Waals surface area contributed by atoms with Gasteiger partial charge in [0.15, 0.2) is 34.7 Å². The van der Waals surface area contributed by atoms with Crippen LogP contribution in [-0.4, -0.2) is 82.6 Å². The Kier molecular flexibility index (Phi) is 7.07. The number of Topliss-reactive ketones (excluding diaryl/α,β-unsaturated/α-hetero) is 4. The Morgan fingerprint density at radius 1 is 1.12 bits per heavy atom. The zero-order valence-electron chi connectivity index (χ0n) is 22.9. The summed E-state index contributed by atoms with van der Waals surface area (Å²) in [5.41, 5.74) is 5.11. The van der Waals surface area contributed by atoms with Gasteiger partial charge in [0.1, 0.15) is 12.4 Å². The number of hydrogen-bond donors (Lipinski definition) is 4. The molecule has 3 aliphatic carbocycles. The quantitative estimate of drug-likeness (QED) is 0.378. The van der Waals surface area contributed by atoms with Crippen molar-refractivity contribution in [3.63, 3.8) is 0 Å². The van der Waals surface area contributed by atoms with Crippen LogP contribution in [0, 0.1) is 23.7 Å². The number of nitrogens with zero attached hydrogens (tertiary/aromatic N) is 1. The fourth-order valence-corrected chi connectivity index (χ4v) is 6.94. The minimum Gasteiger partial charge on any atom is -0.507 e. The van der Waals surface area contributed by atoms with Crippen molar-refractivity contribution in [1.29, 1.82) is 0 Å². The van der Waals surface area contributed by atoms with Crippen molar-refractivity contribution in [3.05, 3.63) is 47.5 Å². The smallest absolute Gasteiger partial charge is 0.235 e. The summed E-state index contributed by atoms with van der Waals surface area (Å²) in [6.45, 7) is 1.17. The number of alkyl halides is 1. The van der Waals surface area contributed by atoms with E-state index in [9.17, 15) is 38.6 Å². The topological polar surface area (TPSA) is 167 Å². The van der Waals surface area contributed by atoms with Gasteiger partial charge in [0, 0.05) is 11.6 Å². The summed E-state index contributed by atoms with van der Waals surface area (Å²) in [6, 6.07) is 8.63. The van der Waals surface area contributed by atoms with Crippen LogP contribution in [0.15, 0.2) is 36.4 Å². The number of rotatable bonds is 6. The van der Waals surface area contributed by atoms with E-state index in [0.717, 1.165) is 5.56 Å². The lowest BCUT2D eigenvalue weighted by molar-refractivity contribution is -0.181. The van der Waals surface area contributed by atoms with E-state index in [1.807, 2.05) is 0 Å². The van der Waals surface area contributed by atoms with E-state index in [-0.39, 0.29) is 30.2 Å². The second-order valence-electron chi connectivity index (χ2n) is 11.6. The third-order valence-corrected chi connectivity index (χ3v) is 8.79. The number of primary amides is 1. The lowest BCUT2D eigenvalue weighted by Crippen LogP contribution is -2.74. The molecule has 10 nitrogen and oxygen atoms in total. The van der Waals surface area contributed by atoms with Crippen LogP contribution >= 0.6 is 0 Å². The summed E-state index contributed by atoms with van der Waals surface area (Å²) in [5, 5.41) is 25.4. The van der Waals surface area contributed by atoms with E-state index in [1.165, 1.54) is 25.1 Å². The average Bonchev–Trinajstić information content (AvgIpc) is 2.91. The predicted molar refractivity (Wildman–Crippen MR) is 146 cm³/mol. The van der Waals surface area contributed by atoms with Crippen LogP contribution in [0.4, 0.5) is 10.1 Å². The molecule has 2 fully saturated rings. The molecular formula is C30H32FN3O7. The second kappa shape index (κ2) is 10.1. The maximum absolute atomic E-state index is 13.9. The number of carbonyl (C=O) groups is 5. The number of phenolic OH excluding ortho intramolecular Hbond substituents is 1. The van der Waals surface area contributed by atoms with Crippen LogP contribution < -0.4 is 11.1 Å². The molecule has 0 bridgehead atoms. The summed E-state index contributed by atoms with van der Waals surface area (Å²) in [4.78, 5) is 67.9. The summed E-state index contributed by atoms with van der Waals surface area (Å²) < 4.78 is 12.9. The molecule has 41 heavy (non-hydrogen) atoms. The van der Waals surface area contributed by atoms with Crippen molar-refractivity contribution in [2.24, 2.45) is 29.4 Å². The number of hydrogen-bond acceptors (Lipinski definition) is 9. The van der Waals surface area contributed by atoms with Crippen LogP contribution in [0.5, 0.6) is 5.75 Å². The first-order valence-corrected chi connectivity index (χ1v) is 13.4. The van der Waals surface area contributed by atoms with Gasteiger partial charge in [0.05, 0.1) is 23.6 Å². The van der Waals surface area contributed by atoms with Gasteiger partial charge in [-0.05, 0) is 74.7 Å². The third kappa shape index (κ3) is 4.26. The number of nitrogens with two attached hydrogens (primary N) is 1. The summed E-state index contributed by atoms with van der Waals surface area (Å²) >= 11 is 0.